The number of hydrogen-bond donors (Lipinski definition) is 1. The molecule has 3 nitrogen and oxygen atoms in total. The second-order valence-corrected chi connectivity index (χ2v) is 4.24. The Hall–Kier alpha value is -1.77. The zero-order valence-corrected chi connectivity index (χ0v) is 10.7. The van der Waals surface area contributed by atoms with Crippen molar-refractivity contribution >= 4 is 5.82 Å². The molecule has 0 amide bonds. The van der Waals surface area contributed by atoms with Crippen molar-refractivity contribution in [1.29, 1.82) is 0 Å². The molecule has 1 N–H and O–H groups in total. The molecular weight excluding hydrogens is 210 g/mol. The summed E-state index contributed by atoms with van der Waals surface area (Å²) in [7, 11) is 3.85. The standard InChI is InChI=1S/C14H19N3/c1-4-5-11-6-8-12(9-7-11)13-10-14(15-2)16-17(13)3/h6-10H,4-5H2,1-3H3,(H,15,16). The Kier molecular flexibility index (Phi) is 3.47. The van der Waals surface area contributed by atoms with Gasteiger partial charge in [-0.2, -0.15) is 5.10 Å². The van der Waals surface area contributed by atoms with E-state index in [9.17, 15) is 0 Å². The SMILES string of the molecule is CCCc1ccc(-c2cc(NC)nn2C)cc1. The van der Waals surface area contributed by atoms with Crippen LogP contribution >= 0.6 is 0 Å². The molecular formula is C14H19N3. The van der Waals surface area contributed by atoms with Crippen LogP contribution in [0.3, 0.4) is 0 Å². The minimum absolute atomic E-state index is 0.903. The average Bonchev–Trinajstić information content (AvgIpc) is 2.72. The lowest BCUT2D eigenvalue weighted by Gasteiger charge is -2.03. The Morgan fingerprint density at radius 1 is 1.24 bits per heavy atom. The molecule has 0 saturated carbocycles. The van der Waals surface area contributed by atoms with Crippen molar-refractivity contribution in [2.75, 3.05) is 12.4 Å². The van der Waals surface area contributed by atoms with E-state index in [0.29, 0.717) is 0 Å². The zero-order chi connectivity index (χ0) is 12.3. The van der Waals surface area contributed by atoms with E-state index in [1.165, 1.54) is 17.5 Å². The van der Waals surface area contributed by atoms with E-state index in [2.05, 4.69) is 47.7 Å². The molecule has 0 spiro atoms. The second kappa shape index (κ2) is 5.04. The monoisotopic (exact) mass is 229 g/mol. The number of nitrogens with zero attached hydrogens (tertiary/aromatic N) is 2. The maximum atomic E-state index is 4.37. The van der Waals surface area contributed by atoms with Crippen molar-refractivity contribution in [1.82, 2.24) is 9.78 Å². The van der Waals surface area contributed by atoms with Crippen molar-refractivity contribution in [2.24, 2.45) is 7.05 Å². The maximum absolute atomic E-state index is 4.37. The van der Waals surface area contributed by atoms with Crippen LogP contribution < -0.4 is 5.32 Å². The van der Waals surface area contributed by atoms with Crippen molar-refractivity contribution in [3.05, 3.63) is 35.9 Å². The van der Waals surface area contributed by atoms with Gasteiger partial charge >= 0.3 is 0 Å². The highest BCUT2D eigenvalue weighted by molar-refractivity contribution is 5.63. The molecule has 1 heterocycles. The molecule has 17 heavy (non-hydrogen) atoms. The summed E-state index contributed by atoms with van der Waals surface area (Å²) in [5, 5.41) is 7.43. The van der Waals surface area contributed by atoms with E-state index in [1.54, 1.807) is 0 Å². The van der Waals surface area contributed by atoms with Gasteiger partial charge in [0.2, 0.25) is 0 Å². The number of anilines is 1. The first-order valence-electron chi connectivity index (χ1n) is 6.05. The molecule has 2 aromatic rings. The van der Waals surface area contributed by atoms with Crippen LogP contribution in [-0.2, 0) is 13.5 Å². The van der Waals surface area contributed by atoms with Crippen LogP contribution in [0.2, 0.25) is 0 Å². The summed E-state index contributed by atoms with van der Waals surface area (Å²) in [6.07, 6.45) is 2.34. The minimum Gasteiger partial charge on any atom is -0.372 e. The van der Waals surface area contributed by atoms with Gasteiger partial charge < -0.3 is 5.32 Å². The number of aromatic nitrogens is 2. The van der Waals surface area contributed by atoms with Crippen LogP contribution in [0.4, 0.5) is 5.82 Å². The fourth-order valence-corrected chi connectivity index (χ4v) is 1.99. The third kappa shape index (κ3) is 2.49. The maximum Gasteiger partial charge on any atom is 0.148 e. The van der Waals surface area contributed by atoms with Gasteiger partial charge in [-0.1, -0.05) is 37.6 Å². The van der Waals surface area contributed by atoms with Gasteiger partial charge in [-0.3, -0.25) is 4.68 Å². The summed E-state index contributed by atoms with van der Waals surface area (Å²) in [5.41, 5.74) is 3.74. The van der Waals surface area contributed by atoms with Gasteiger partial charge in [-0.15, -0.1) is 0 Å². The van der Waals surface area contributed by atoms with E-state index < -0.39 is 0 Å². The zero-order valence-electron chi connectivity index (χ0n) is 10.7. The predicted octanol–water partition coefficient (Wildman–Crippen LogP) is 3.08. The summed E-state index contributed by atoms with van der Waals surface area (Å²) >= 11 is 0. The van der Waals surface area contributed by atoms with Gasteiger partial charge in [0.1, 0.15) is 5.82 Å². The Labute approximate surface area is 102 Å². The summed E-state index contributed by atoms with van der Waals surface area (Å²) in [5.74, 6) is 0.903. The van der Waals surface area contributed by atoms with Crippen LogP contribution in [0.15, 0.2) is 30.3 Å². The minimum atomic E-state index is 0.903. The summed E-state index contributed by atoms with van der Waals surface area (Å²) < 4.78 is 1.90. The second-order valence-electron chi connectivity index (χ2n) is 4.24. The van der Waals surface area contributed by atoms with Crippen LogP contribution in [0.1, 0.15) is 18.9 Å². The Bertz CT molecular complexity index is 483. The number of hydrogen-bond acceptors (Lipinski definition) is 2. The largest absolute Gasteiger partial charge is 0.372 e. The van der Waals surface area contributed by atoms with Crippen LogP contribution in [0.5, 0.6) is 0 Å². The topological polar surface area (TPSA) is 29.9 Å². The molecule has 0 saturated heterocycles. The quantitative estimate of drug-likeness (QED) is 0.873. The highest BCUT2D eigenvalue weighted by Crippen LogP contribution is 2.22. The smallest absolute Gasteiger partial charge is 0.148 e. The van der Waals surface area contributed by atoms with Gasteiger partial charge in [0, 0.05) is 20.2 Å². The summed E-state index contributed by atoms with van der Waals surface area (Å²) in [6, 6.07) is 10.8. The molecule has 0 radical (unpaired) electrons. The number of aryl methyl sites for hydroxylation is 2. The molecule has 0 aliphatic heterocycles. The third-order valence-electron chi connectivity index (χ3n) is 2.92. The van der Waals surface area contributed by atoms with Crippen LogP contribution in [-0.4, -0.2) is 16.8 Å². The molecule has 2 rings (SSSR count). The van der Waals surface area contributed by atoms with Crippen molar-refractivity contribution in [3.8, 4) is 11.3 Å². The highest BCUT2D eigenvalue weighted by Gasteiger charge is 2.05. The number of nitrogens with one attached hydrogen (secondary N) is 1. The normalized spacial score (nSPS) is 10.5. The van der Waals surface area contributed by atoms with E-state index >= 15 is 0 Å². The fraction of sp³-hybridized carbons (Fsp3) is 0.357. The van der Waals surface area contributed by atoms with Crippen molar-refractivity contribution in [3.63, 3.8) is 0 Å². The van der Waals surface area contributed by atoms with Gasteiger partial charge in [-0.25, -0.2) is 0 Å². The van der Waals surface area contributed by atoms with Crippen LogP contribution in [0, 0.1) is 0 Å². The van der Waals surface area contributed by atoms with Gasteiger partial charge in [-0.05, 0) is 17.5 Å². The average molecular weight is 229 g/mol. The predicted molar refractivity (Wildman–Crippen MR) is 72.2 cm³/mol. The Morgan fingerprint density at radius 2 is 1.94 bits per heavy atom. The molecule has 1 aromatic carbocycles. The molecule has 90 valence electrons. The number of benzene rings is 1. The van der Waals surface area contributed by atoms with Gasteiger partial charge in [0.05, 0.1) is 5.69 Å². The lowest BCUT2D eigenvalue weighted by molar-refractivity contribution is 0.778. The molecule has 0 fully saturated rings. The van der Waals surface area contributed by atoms with E-state index in [0.717, 1.165) is 17.9 Å². The molecule has 0 aliphatic rings. The molecule has 1 aromatic heterocycles. The molecule has 3 heteroatoms. The van der Waals surface area contributed by atoms with Crippen LogP contribution in [0.25, 0.3) is 11.3 Å². The van der Waals surface area contributed by atoms with E-state index in [1.807, 2.05) is 18.8 Å². The summed E-state index contributed by atoms with van der Waals surface area (Å²) in [4.78, 5) is 0. The Morgan fingerprint density at radius 3 is 2.47 bits per heavy atom. The van der Waals surface area contributed by atoms with E-state index in [-0.39, 0.29) is 0 Å². The summed E-state index contributed by atoms with van der Waals surface area (Å²) in [6.45, 7) is 2.20. The van der Waals surface area contributed by atoms with Crippen molar-refractivity contribution in [2.45, 2.75) is 19.8 Å². The molecule has 0 bridgehead atoms. The fourth-order valence-electron chi connectivity index (χ4n) is 1.99. The number of rotatable bonds is 4. The third-order valence-corrected chi connectivity index (χ3v) is 2.92. The Balaban J connectivity index is 2.29. The molecule has 0 atom stereocenters. The van der Waals surface area contributed by atoms with Gasteiger partial charge in [0.25, 0.3) is 0 Å². The first-order valence-corrected chi connectivity index (χ1v) is 6.05. The highest BCUT2D eigenvalue weighted by atomic mass is 15.3. The van der Waals surface area contributed by atoms with E-state index in [4.69, 9.17) is 0 Å². The lowest BCUT2D eigenvalue weighted by atomic mass is 10.1. The first-order chi connectivity index (χ1) is 8.24. The van der Waals surface area contributed by atoms with Crippen molar-refractivity contribution < 1.29 is 0 Å². The lowest BCUT2D eigenvalue weighted by Crippen LogP contribution is -1.95. The molecule has 0 unspecified atom stereocenters. The first kappa shape index (κ1) is 11.7. The van der Waals surface area contributed by atoms with Gasteiger partial charge in [0.15, 0.2) is 0 Å². The molecule has 0 aliphatic carbocycles.